The minimum Gasteiger partial charge on any atom is -0.493 e. The third-order valence-corrected chi connectivity index (χ3v) is 6.55. The molecular weight excluding hydrogens is 476 g/mol. The molecule has 0 amide bonds. The monoisotopic (exact) mass is 502 g/mol. The molecule has 0 saturated carbocycles. The van der Waals surface area contributed by atoms with E-state index in [1.54, 1.807) is 26.4 Å². The van der Waals surface area contributed by atoms with Crippen LogP contribution in [0.4, 0.5) is 5.69 Å². The Morgan fingerprint density at radius 1 is 1.08 bits per heavy atom. The van der Waals surface area contributed by atoms with E-state index >= 15 is 0 Å². The third kappa shape index (κ3) is 4.73. The number of hydrogen-bond acceptors (Lipinski definition) is 8. The van der Waals surface area contributed by atoms with Gasteiger partial charge in [-0.25, -0.2) is 0 Å². The first-order valence-electron chi connectivity index (χ1n) is 11.8. The van der Waals surface area contributed by atoms with Crippen molar-refractivity contribution < 1.29 is 28.7 Å². The minimum atomic E-state index is -0.472. The number of allylic oxidation sites excluding steroid dienone is 1. The summed E-state index contributed by atoms with van der Waals surface area (Å²) < 4.78 is 22.7. The summed E-state index contributed by atoms with van der Waals surface area (Å²) in [6.45, 7) is 3.69. The van der Waals surface area contributed by atoms with E-state index in [-0.39, 0.29) is 17.2 Å². The lowest BCUT2D eigenvalue weighted by Gasteiger charge is -2.30. The van der Waals surface area contributed by atoms with Crippen molar-refractivity contribution in [3.8, 4) is 23.0 Å². The maximum absolute atomic E-state index is 13.2. The predicted octanol–water partition coefficient (Wildman–Crippen LogP) is 4.93. The van der Waals surface area contributed by atoms with Crippen LogP contribution < -0.4 is 18.9 Å². The lowest BCUT2D eigenvalue weighted by Crippen LogP contribution is -2.34. The fourth-order valence-electron chi connectivity index (χ4n) is 4.64. The highest BCUT2D eigenvalue weighted by Gasteiger charge is 2.33. The average molecular weight is 503 g/mol. The van der Waals surface area contributed by atoms with Crippen LogP contribution in [0.1, 0.15) is 32.6 Å². The van der Waals surface area contributed by atoms with Crippen LogP contribution in [0.3, 0.4) is 0 Å². The topological polar surface area (TPSA) is 100 Å². The summed E-state index contributed by atoms with van der Waals surface area (Å²) in [7, 11) is 3.23. The van der Waals surface area contributed by atoms with Gasteiger partial charge in [-0.2, -0.15) is 0 Å². The molecule has 0 aliphatic carbocycles. The number of fused-ring (bicyclic) bond motifs is 2. The first-order valence-corrected chi connectivity index (χ1v) is 11.8. The zero-order chi connectivity index (χ0) is 26.1. The molecule has 0 fully saturated rings. The molecular formula is C28H26N2O7. The van der Waals surface area contributed by atoms with Crippen LogP contribution in [0.2, 0.25) is 0 Å². The van der Waals surface area contributed by atoms with Gasteiger partial charge in [0.1, 0.15) is 18.2 Å². The van der Waals surface area contributed by atoms with Crippen molar-refractivity contribution in [2.45, 2.75) is 19.9 Å². The lowest BCUT2D eigenvalue weighted by molar-refractivity contribution is -0.384. The molecule has 0 bridgehead atoms. The average Bonchev–Trinajstić information content (AvgIpc) is 3.22. The van der Waals surface area contributed by atoms with E-state index in [2.05, 4.69) is 4.90 Å². The van der Waals surface area contributed by atoms with Crippen molar-refractivity contribution in [3.63, 3.8) is 0 Å². The van der Waals surface area contributed by atoms with E-state index in [4.69, 9.17) is 18.9 Å². The quantitative estimate of drug-likeness (QED) is 0.255. The van der Waals surface area contributed by atoms with Crippen LogP contribution in [0.25, 0.3) is 6.08 Å². The van der Waals surface area contributed by atoms with E-state index < -0.39 is 4.92 Å². The number of Topliss-reactive ketones (excluding diaryl/α,β-unsaturated/α-hetero) is 1. The van der Waals surface area contributed by atoms with E-state index in [1.165, 1.54) is 18.2 Å². The molecule has 3 aromatic rings. The third-order valence-electron chi connectivity index (χ3n) is 6.55. The molecule has 0 unspecified atom stereocenters. The summed E-state index contributed by atoms with van der Waals surface area (Å²) >= 11 is 0. The molecule has 9 heteroatoms. The number of carbonyl (C=O) groups excluding carboxylic acids is 1. The summed E-state index contributed by atoms with van der Waals surface area (Å²) in [5.74, 6) is 2.46. The molecule has 5 rings (SSSR count). The van der Waals surface area contributed by atoms with E-state index in [0.717, 1.165) is 35.4 Å². The molecule has 0 atom stereocenters. The number of nitro benzene ring substituents is 1. The second-order valence-electron chi connectivity index (χ2n) is 8.92. The number of hydrogen-bond donors (Lipinski definition) is 0. The Morgan fingerprint density at radius 2 is 1.89 bits per heavy atom. The van der Waals surface area contributed by atoms with E-state index in [9.17, 15) is 14.9 Å². The van der Waals surface area contributed by atoms with Crippen LogP contribution in [-0.2, 0) is 13.0 Å². The van der Waals surface area contributed by atoms with Crippen LogP contribution in [0, 0.1) is 17.0 Å². The number of nitro groups is 1. The highest BCUT2D eigenvalue weighted by Crippen LogP contribution is 2.43. The van der Waals surface area contributed by atoms with Gasteiger partial charge in [0.05, 0.1) is 24.7 Å². The van der Waals surface area contributed by atoms with Gasteiger partial charge in [-0.15, -0.1) is 0 Å². The van der Waals surface area contributed by atoms with Gasteiger partial charge >= 0.3 is 0 Å². The number of rotatable bonds is 7. The Hall–Kier alpha value is -4.37. The SMILES string of the molecule is COc1ccc(CCN2COc3c(cc4c(c3C)O/C(=C\c3cccc([N+](=O)[O-])c3)C4=O)C2)cc1OC. The number of benzene rings is 3. The van der Waals surface area contributed by atoms with Crippen molar-refractivity contribution in [2.75, 3.05) is 27.5 Å². The molecule has 9 nitrogen and oxygen atoms in total. The summed E-state index contributed by atoms with van der Waals surface area (Å²) in [5, 5.41) is 11.1. The predicted molar refractivity (Wildman–Crippen MR) is 136 cm³/mol. The molecule has 3 aromatic carbocycles. The number of methoxy groups -OCH3 is 2. The Kier molecular flexibility index (Phi) is 6.54. The van der Waals surface area contributed by atoms with Crippen molar-refractivity contribution in [3.05, 3.63) is 92.2 Å². The molecule has 0 saturated heterocycles. The van der Waals surface area contributed by atoms with E-state index in [0.29, 0.717) is 41.7 Å². The zero-order valence-electron chi connectivity index (χ0n) is 20.8. The standard InChI is InChI=1S/C28H26N2O7/c1-17-27-20(15-29(16-36-27)10-9-18-7-8-23(34-2)24(12-18)35-3)14-22-26(31)25(37-28(17)22)13-19-5-4-6-21(11-19)30(32)33/h4-8,11-14H,9-10,15-16H2,1-3H3/b25-13-. The number of nitrogens with zero attached hydrogens (tertiary/aromatic N) is 2. The van der Waals surface area contributed by atoms with Crippen LogP contribution in [0.5, 0.6) is 23.0 Å². The summed E-state index contributed by atoms with van der Waals surface area (Å²) in [5.41, 5.74) is 3.74. The highest BCUT2D eigenvalue weighted by atomic mass is 16.6. The van der Waals surface area contributed by atoms with Gasteiger partial charge in [-0.1, -0.05) is 18.2 Å². The van der Waals surface area contributed by atoms with Crippen molar-refractivity contribution in [2.24, 2.45) is 0 Å². The molecule has 0 radical (unpaired) electrons. The normalized spacial score (nSPS) is 15.5. The molecule has 0 aromatic heterocycles. The highest BCUT2D eigenvalue weighted by molar-refractivity contribution is 6.15. The molecule has 2 aliphatic heterocycles. The Bertz CT molecular complexity index is 1430. The van der Waals surface area contributed by atoms with Crippen LogP contribution in [-0.4, -0.2) is 43.1 Å². The second kappa shape index (κ2) is 9.94. The van der Waals surface area contributed by atoms with Crippen molar-refractivity contribution in [1.82, 2.24) is 4.90 Å². The van der Waals surface area contributed by atoms with Gasteiger partial charge in [-0.05, 0) is 48.7 Å². The fourth-order valence-corrected chi connectivity index (χ4v) is 4.64. The summed E-state index contributed by atoms with van der Waals surface area (Å²) in [6.07, 6.45) is 2.32. The largest absolute Gasteiger partial charge is 0.493 e. The summed E-state index contributed by atoms with van der Waals surface area (Å²) in [6, 6.07) is 13.8. The molecule has 0 N–H and O–H groups in total. The van der Waals surface area contributed by atoms with Crippen LogP contribution in [0.15, 0.2) is 54.3 Å². The fraction of sp³-hybridized carbons (Fsp3) is 0.250. The van der Waals surface area contributed by atoms with Gasteiger partial charge in [0.25, 0.3) is 5.69 Å². The van der Waals surface area contributed by atoms with Crippen molar-refractivity contribution in [1.29, 1.82) is 0 Å². The zero-order valence-corrected chi connectivity index (χ0v) is 20.8. The van der Waals surface area contributed by atoms with E-state index in [1.807, 2.05) is 31.2 Å². The number of ketones is 1. The van der Waals surface area contributed by atoms with Gasteiger partial charge in [-0.3, -0.25) is 19.8 Å². The minimum absolute atomic E-state index is 0.0504. The maximum atomic E-state index is 13.2. The number of carbonyl (C=O) groups is 1. The second-order valence-corrected chi connectivity index (χ2v) is 8.92. The number of ether oxygens (including phenoxy) is 4. The van der Waals surface area contributed by atoms with Gasteiger partial charge in [0, 0.05) is 36.3 Å². The van der Waals surface area contributed by atoms with Gasteiger partial charge in [0.15, 0.2) is 17.3 Å². The lowest BCUT2D eigenvalue weighted by atomic mass is 9.99. The molecule has 2 aliphatic rings. The van der Waals surface area contributed by atoms with Gasteiger partial charge < -0.3 is 18.9 Å². The van der Waals surface area contributed by atoms with Crippen molar-refractivity contribution >= 4 is 17.5 Å². The first-order chi connectivity index (χ1) is 17.9. The Labute approximate surface area is 214 Å². The molecule has 2 heterocycles. The Morgan fingerprint density at radius 3 is 2.65 bits per heavy atom. The Balaban J connectivity index is 1.33. The molecule has 37 heavy (non-hydrogen) atoms. The number of non-ortho nitro benzene ring substituents is 1. The maximum Gasteiger partial charge on any atom is 0.270 e. The van der Waals surface area contributed by atoms with Gasteiger partial charge in [0.2, 0.25) is 5.78 Å². The first kappa shape index (κ1) is 24.3. The smallest absolute Gasteiger partial charge is 0.270 e. The van der Waals surface area contributed by atoms with Crippen LogP contribution >= 0.6 is 0 Å². The molecule has 190 valence electrons. The summed E-state index contributed by atoms with van der Waals surface area (Å²) in [4.78, 5) is 26.0. The molecule has 0 spiro atoms.